The van der Waals surface area contributed by atoms with E-state index in [2.05, 4.69) is 5.16 Å². The molecule has 8 heteroatoms. The van der Waals surface area contributed by atoms with Crippen LogP contribution in [0, 0.1) is 0 Å². The monoisotopic (exact) mass is 249 g/mol. The summed E-state index contributed by atoms with van der Waals surface area (Å²) < 4.78 is 27.4. The van der Waals surface area contributed by atoms with Crippen molar-refractivity contribution < 1.29 is 27.9 Å². The molecule has 0 bridgehead atoms. The van der Waals surface area contributed by atoms with Gasteiger partial charge in [0.25, 0.3) is 0 Å². The molecule has 0 aromatic rings. The molecular weight excluding hydrogens is 238 g/mol. The minimum Gasteiger partial charge on any atom is -0.479 e. The fourth-order valence-electron chi connectivity index (χ4n) is 1.81. The number of carboxylic acids is 1. The fourth-order valence-corrected chi connectivity index (χ4v) is 3.74. The second-order valence-corrected chi connectivity index (χ2v) is 6.14. The van der Waals surface area contributed by atoms with E-state index in [9.17, 15) is 13.2 Å². The van der Waals surface area contributed by atoms with Crippen molar-refractivity contribution in [3.63, 3.8) is 0 Å². The third kappa shape index (κ3) is 2.26. The summed E-state index contributed by atoms with van der Waals surface area (Å²) >= 11 is 0. The molecule has 2 heterocycles. The highest BCUT2D eigenvalue weighted by Gasteiger charge is 2.49. The first-order valence-electron chi connectivity index (χ1n) is 4.71. The lowest BCUT2D eigenvalue weighted by Crippen LogP contribution is -2.31. The largest absolute Gasteiger partial charge is 0.479 e. The maximum atomic E-state index is 11.3. The molecule has 1 N–H and O–H groups in total. The molecule has 0 aromatic carbocycles. The van der Waals surface area contributed by atoms with Crippen LogP contribution >= 0.6 is 0 Å². The highest BCUT2D eigenvalue weighted by Crippen LogP contribution is 2.35. The van der Waals surface area contributed by atoms with Crippen LogP contribution in [0.1, 0.15) is 12.8 Å². The van der Waals surface area contributed by atoms with Gasteiger partial charge in [-0.25, -0.2) is 13.2 Å². The van der Waals surface area contributed by atoms with Crippen molar-refractivity contribution in [2.24, 2.45) is 5.16 Å². The van der Waals surface area contributed by atoms with E-state index in [1.165, 1.54) is 0 Å². The van der Waals surface area contributed by atoms with Crippen molar-refractivity contribution in [1.82, 2.24) is 0 Å². The zero-order valence-corrected chi connectivity index (χ0v) is 9.20. The Bertz CT molecular complexity index is 441. The Balaban J connectivity index is 1.94. The van der Waals surface area contributed by atoms with Crippen LogP contribution in [0.5, 0.6) is 0 Å². The predicted molar refractivity (Wildman–Crippen MR) is 52.7 cm³/mol. The topological polar surface area (TPSA) is 102 Å². The van der Waals surface area contributed by atoms with Crippen LogP contribution in [0.4, 0.5) is 0 Å². The van der Waals surface area contributed by atoms with E-state index in [1.54, 1.807) is 0 Å². The Labute approximate surface area is 91.9 Å². The lowest BCUT2D eigenvalue weighted by Gasteiger charge is -2.16. The number of carbonyl (C=O) groups is 1. The Hall–Kier alpha value is -1.31. The van der Waals surface area contributed by atoms with Crippen molar-refractivity contribution in [3.8, 4) is 0 Å². The van der Waals surface area contributed by atoms with Crippen LogP contribution in [0.15, 0.2) is 5.16 Å². The summed E-state index contributed by atoms with van der Waals surface area (Å²) in [7, 11) is -3.06. The van der Waals surface area contributed by atoms with Crippen LogP contribution in [0.25, 0.3) is 0 Å². The number of hydrogen-bond donors (Lipinski definition) is 1. The van der Waals surface area contributed by atoms with E-state index >= 15 is 0 Å². The molecule has 2 aliphatic heterocycles. The van der Waals surface area contributed by atoms with E-state index in [0.717, 1.165) is 0 Å². The summed E-state index contributed by atoms with van der Waals surface area (Å²) in [6.45, 7) is -0.495. The van der Waals surface area contributed by atoms with Gasteiger partial charge < -0.3 is 14.7 Å². The minimum absolute atomic E-state index is 0.0781. The number of sulfone groups is 1. The highest BCUT2D eigenvalue weighted by atomic mass is 32.2. The van der Waals surface area contributed by atoms with Gasteiger partial charge in [-0.15, -0.1) is 0 Å². The molecule has 90 valence electrons. The van der Waals surface area contributed by atoms with Crippen LogP contribution in [0.2, 0.25) is 0 Å². The zero-order valence-electron chi connectivity index (χ0n) is 8.38. The predicted octanol–water partition coefficient (Wildman–Crippen LogP) is -0.621. The molecule has 1 atom stereocenters. The first-order valence-corrected chi connectivity index (χ1v) is 6.53. The second kappa shape index (κ2) is 3.62. The molecular formula is C8H11NO6S. The molecule has 1 spiro atoms. The molecule has 0 radical (unpaired) electrons. The van der Waals surface area contributed by atoms with Gasteiger partial charge in [0.2, 0.25) is 5.90 Å². The molecule has 1 unspecified atom stereocenters. The van der Waals surface area contributed by atoms with E-state index in [0.29, 0.717) is 6.42 Å². The van der Waals surface area contributed by atoms with Gasteiger partial charge in [-0.2, -0.15) is 0 Å². The van der Waals surface area contributed by atoms with Gasteiger partial charge in [0.05, 0.1) is 17.9 Å². The molecule has 1 saturated heterocycles. The van der Waals surface area contributed by atoms with Gasteiger partial charge in [-0.1, -0.05) is 5.16 Å². The Kier molecular flexibility index (Phi) is 2.53. The SMILES string of the molecule is O=C(O)COC1=NOC2(CCS(=O)(=O)C2)C1. The zero-order chi connectivity index (χ0) is 11.8. The van der Waals surface area contributed by atoms with Crippen LogP contribution in [-0.4, -0.2) is 49.1 Å². The van der Waals surface area contributed by atoms with Gasteiger partial charge >= 0.3 is 5.97 Å². The Morgan fingerprint density at radius 2 is 2.38 bits per heavy atom. The second-order valence-electron chi connectivity index (χ2n) is 3.96. The van der Waals surface area contributed by atoms with E-state index < -0.39 is 28.0 Å². The number of oxime groups is 1. The van der Waals surface area contributed by atoms with E-state index in [1.807, 2.05) is 0 Å². The van der Waals surface area contributed by atoms with Crippen molar-refractivity contribution in [1.29, 1.82) is 0 Å². The van der Waals surface area contributed by atoms with E-state index in [4.69, 9.17) is 14.7 Å². The molecule has 0 aromatic heterocycles. The minimum atomic E-state index is -3.06. The molecule has 0 amide bonds. The van der Waals surface area contributed by atoms with Gasteiger partial charge in [-0.3, -0.25) is 0 Å². The normalized spacial score (nSPS) is 31.1. The molecule has 0 aliphatic carbocycles. The lowest BCUT2D eigenvalue weighted by molar-refractivity contribution is -0.139. The van der Waals surface area contributed by atoms with Gasteiger partial charge in [0, 0.05) is 6.42 Å². The molecule has 2 aliphatic rings. The number of aliphatic carboxylic acids is 1. The summed E-state index contributed by atoms with van der Waals surface area (Å²) in [5, 5.41) is 12.0. The van der Waals surface area contributed by atoms with E-state index in [-0.39, 0.29) is 23.8 Å². The van der Waals surface area contributed by atoms with Crippen molar-refractivity contribution >= 4 is 21.7 Å². The Morgan fingerprint density at radius 3 is 2.94 bits per heavy atom. The molecule has 16 heavy (non-hydrogen) atoms. The van der Waals surface area contributed by atoms with Crippen molar-refractivity contribution in [2.45, 2.75) is 18.4 Å². The van der Waals surface area contributed by atoms with Gasteiger partial charge in [0.1, 0.15) is 0 Å². The summed E-state index contributed by atoms with van der Waals surface area (Å²) in [6.07, 6.45) is 0.596. The van der Waals surface area contributed by atoms with Gasteiger partial charge in [-0.05, 0) is 0 Å². The summed E-state index contributed by atoms with van der Waals surface area (Å²) in [5.41, 5.74) is -0.827. The quantitative estimate of drug-likeness (QED) is 0.699. The number of hydrogen-bond acceptors (Lipinski definition) is 6. The molecule has 0 saturated carbocycles. The lowest BCUT2D eigenvalue weighted by atomic mass is 10.0. The molecule has 7 nitrogen and oxygen atoms in total. The smallest absolute Gasteiger partial charge is 0.341 e. The summed E-state index contributed by atoms with van der Waals surface area (Å²) in [4.78, 5) is 15.3. The van der Waals surface area contributed by atoms with Crippen molar-refractivity contribution in [3.05, 3.63) is 0 Å². The first kappa shape index (κ1) is 11.2. The average Bonchev–Trinajstić information content (AvgIpc) is 2.68. The van der Waals surface area contributed by atoms with Crippen LogP contribution in [-0.2, 0) is 24.2 Å². The van der Waals surface area contributed by atoms with Crippen LogP contribution < -0.4 is 0 Å². The first-order chi connectivity index (χ1) is 7.41. The number of ether oxygens (including phenoxy) is 1. The average molecular weight is 249 g/mol. The standard InChI is InChI=1S/C8H11NO6S/c10-7(11)4-14-6-3-8(15-9-6)1-2-16(12,13)5-8/h1-5H2,(H,10,11). The van der Waals surface area contributed by atoms with Gasteiger partial charge in [0.15, 0.2) is 22.0 Å². The number of carboxylic acid groups (broad SMARTS) is 1. The number of rotatable bonds is 2. The highest BCUT2D eigenvalue weighted by molar-refractivity contribution is 7.91. The fraction of sp³-hybridized carbons (Fsp3) is 0.750. The maximum absolute atomic E-state index is 11.3. The third-order valence-corrected chi connectivity index (χ3v) is 4.32. The third-order valence-electron chi connectivity index (χ3n) is 2.53. The maximum Gasteiger partial charge on any atom is 0.341 e. The number of nitrogens with zero attached hydrogens (tertiary/aromatic N) is 1. The molecule has 2 rings (SSSR count). The summed E-state index contributed by atoms with van der Waals surface area (Å²) in [6, 6.07) is 0. The van der Waals surface area contributed by atoms with Crippen molar-refractivity contribution in [2.75, 3.05) is 18.1 Å². The van der Waals surface area contributed by atoms with Crippen LogP contribution in [0.3, 0.4) is 0 Å². The molecule has 1 fully saturated rings. The summed E-state index contributed by atoms with van der Waals surface area (Å²) in [5.74, 6) is -0.958. The Morgan fingerprint density at radius 1 is 1.62 bits per heavy atom.